The van der Waals surface area contributed by atoms with Gasteiger partial charge in [0.05, 0.1) is 7.11 Å². The van der Waals surface area contributed by atoms with Crippen molar-refractivity contribution in [1.29, 1.82) is 0 Å². The van der Waals surface area contributed by atoms with Crippen molar-refractivity contribution in [3.8, 4) is 0 Å². The van der Waals surface area contributed by atoms with E-state index < -0.39 is 0 Å². The van der Waals surface area contributed by atoms with Crippen LogP contribution in [0.2, 0.25) is 0 Å². The largest absolute Gasteiger partial charge is 0.469 e. The van der Waals surface area contributed by atoms with Crippen LogP contribution < -0.4 is 0 Å². The summed E-state index contributed by atoms with van der Waals surface area (Å²) in [7, 11) is 1.44. The fourth-order valence-electron chi connectivity index (χ4n) is 1.33. The SMILES string of the molecule is COC(=O)CCCCCCCC(C)Br. The van der Waals surface area contributed by atoms with Crippen LogP contribution in [0.25, 0.3) is 0 Å². The van der Waals surface area contributed by atoms with Crippen LogP contribution in [0.4, 0.5) is 0 Å². The Morgan fingerprint density at radius 1 is 1.21 bits per heavy atom. The smallest absolute Gasteiger partial charge is 0.305 e. The van der Waals surface area contributed by atoms with Gasteiger partial charge in [-0.05, 0) is 12.8 Å². The molecule has 0 radical (unpaired) electrons. The molecule has 1 atom stereocenters. The predicted molar refractivity (Wildman–Crippen MR) is 62.7 cm³/mol. The van der Waals surface area contributed by atoms with Crippen LogP contribution >= 0.6 is 15.9 Å². The van der Waals surface area contributed by atoms with Crippen LogP contribution in [0.1, 0.15) is 51.9 Å². The van der Waals surface area contributed by atoms with Gasteiger partial charge >= 0.3 is 5.97 Å². The lowest BCUT2D eigenvalue weighted by atomic mass is 10.1. The molecule has 3 heteroatoms. The maximum atomic E-state index is 10.8. The first-order valence-corrected chi connectivity index (χ1v) is 6.29. The number of hydrogen-bond donors (Lipinski definition) is 0. The van der Waals surface area contributed by atoms with Crippen LogP contribution in [-0.2, 0) is 9.53 Å². The fourth-order valence-corrected chi connectivity index (χ4v) is 1.65. The molecule has 0 saturated heterocycles. The molecule has 0 aromatic carbocycles. The molecule has 14 heavy (non-hydrogen) atoms. The minimum Gasteiger partial charge on any atom is -0.469 e. The van der Waals surface area contributed by atoms with Gasteiger partial charge in [-0.25, -0.2) is 0 Å². The fraction of sp³-hybridized carbons (Fsp3) is 0.909. The Hall–Kier alpha value is -0.0500. The van der Waals surface area contributed by atoms with Crippen molar-refractivity contribution in [3.63, 3.8) is 0 Å². The second kappa shape index (κ2) is 9.50. The third kappa shape index (κ3) is 10.0. The van der Waals surface area contributed by atoms with E-state index in [9.17, 15) is 4.79 Å². The van der Waals surface area contributed by atoms with Gasteiger partial charge in [-0.15, -0.1) is 0 Å². The van der Waals surface area contributed by atoms with Crippen molar-refractivity contribution >= 4 is 21.9 Å². The highest BCUT2D eigenvalue weighted by molar-refractivity contribution is 9.09. The molecular weight excluding hydrogens is 244 g/mol. The molecule has 0 heterocycles. The number of carbonyl (C=O) groups excluding carboxylic acids is 1. The van der Waals surface area contributed by atoms with Crippen molar-refractivity contribution in [1.82, 2.24) is 0 Å². The van der Waals surface area contributed by atoms with Gasteiger partial charge in [0.25, 0.3) is 0 Å². The molecule has 0 N–H and O–H groups in total. The van der Waals surface area contributed by atoms with Gasteiger partial charge < -0.3 is 4.74 Å². The number of methoxy groups -OCH3 is 1. The molecule has 0 aromatic rings. The van der Waals surface area contributed by atoms with Crippen molar-refractivity contribution in [2.24, 2.45) is 0 Å². The maximum absolute atomic E-state index is 10.8. The molecule has 0 aliphatic rings. The van der Waals surface area contributed by atoms with Crippen LogP contribution in [0.15, 0.2) is 0 Å². The monoisotopic (exact) mass is 264 g/mol. The Balaban J connectivity index is 3.03. The first-order chi connectivity index (χ1) is 6.66. The summed E-state index contributed by atoms with van der Waals surface area (Å²) in [6, 6.07) is 0. The molecule has 0 bridgehead atoms. The predicted octanol–water partition coefficient (Wildman–Crippen LogP) is 3.67. The van der Waals surface area contributed by atoms with E-state index in [1.165, 1.54) is 32.8 Å². The summed E-state index contributed by atoms with van der Waals surface area (Å²) in [5, 5.41) is 0. The van der Waals surface area contributed by atoms with Crippen LogP contribution in [0.5, 0.6) is 0 Å². The summed E-state index contributed by atoms with van der Waals surface area (Å²) < 4.78 is 4.56. The summed E-state index contributed by atoms with van der Waals surface area (Å²) in [5.74, 6) is -0.0842. The van der Waals surface area contributed by atoms with Crippen LogP contribution in [0, 0.1) is 0 Å². The molecule has 0 spiro atoms. The van der Waals surface area contributed by atoms with E-state index in [0.717, 1.165) is 12.8 Å². The topological polar surface area (TPSA) is 26.3 Å². The van der Waals surface area contributed by atoms with Crippen LogP contribution in [0.3, 0.4) is 0 Å². The zero-order valence-corrected chi connectivity index (χ0v) is 10.8. The molecular formula is C11H21BrO2. The first-order valence-electron chi connectivity index (χ1n) is 5.37. The summed E-state index contributed by atoms with van der Waals surface area (Å²) in [6.45, 7) is 2.18. The lowest BCUT2D eigenvalue weighted by Gasteiger charge is -2.02. The number of rotatable bonds is 8. The molecule has 0 fully saturated rings. The summed E-state index contributed by atoms with van der Waals surface area (Å²) >= 11 is 3.52. The van der Waals surface area contributed by atoms with Gasteiger partial charge in [0.2, 0.25) is 0 Å². The van der Waals surface area contributed by atoms with E-state index in [0.29, 0.717) is 11.2 Å². The molecule has 0 aromatic heterocycles. The molecule has 84 valence electrons. The molecule has 0 rings (SSSR count). The molecule has 1 unspecified atom stereocenters. The quantitative estimate of drug-likeness (QED) is 0.380. The number of carbonyl (C=O) groups is 1. The van der Waals surface area contributed by atoms with Gasteiger partial charge in [-0.1, -0.05) is 48.5 Å². The maximum Gasteiger partial charge on any atom is 0.305 e. The first kappa shape index (κ1) is 13.9. The van der Waals surface area contributed by atoms with E-state index in [1.54, 1.807) is 0 Å². The number of halogens is 1. The van der Waals surface area contributed by atoms with E-state index >= 15 is 0 Å². The normalized spacial score (nSPS) is 12.5. The molecule has 2 nitrogen and oxygen atoms in total. The molecule has 0 aliphatic heterocycles. The lowest BCUT2D eigenvalue weighted by molar-refractivity contribution is -0.140. The highest BCUT2D eigenvalue weighted by Gasteiger charge is 1.99. The third-order valence-electron chi connectivity index (χ3n) is 2.21. The summed E-state index contributed by atoms with van der Waals surface area (Å²) in [6.07, 6.45) is 7.73. The number of hydrogen-bond acceptors (Lipinski definition) is 2. The van der Waals surface area contributed by atoms with E-state index in [4.69, 9.17) is 0 Å². The third-order valence-corrected chi connectivity index (χ3v) is 2.67. The second-order valence-corrected chi connectivity index (χ2v) is 5.23. The minimum atomic E-state index is -0.0842. The minimum absolute atomic E-state index is 0.0842. The number of esters is 1. The summed E-state index contributed by atoms with van der Waals surface area (Å²) in [4.78, 5) is 11.4. The van der Waals surface area contributed by atoms with Gasteiger partial charge in [0.1, 0.15) is 0 Å². The number of alkyl halides is 1. The number of unbranched alkanes of at least 4 members (excludes halogenated alkanes) is 4. The molecule has 0 aliphatic carbocycles. The van der Waals surface area contributed by atoms with E-state index in [1.807, 2.05) is 0 Å². The Bertz CT molecular complexity index is 146. The second-order valence-electron chi connectivity index (χ2n) is 3.66. The molecule has 0 amide bonds. The van der Waals surface area contributed by atoms with Crippen molar-refractivity contribution in [2.75, 3.05) is 7.11 Å². The van der Waals surface area contributed by atoms with Crippen LogP contribution in [-0.4, -0.2) is 17.9 Å². The van der Waals surface area contributed by atoms with Gasteiger partial charge in [-0.3, -0.25) is 4.79 Å². The highest BCUT2D eigenvalue weighted by atomic mass is 79.9. The summed E-state index contributed by atoms with van der Waals surface area (Å²) in [5.41, 5.74) is 0. The lowest BCUT2D eigenvalue weighted by Crippen LogP contribution is -1.99. The van der Waals surface area contributed by atoms with Gasteiger partial charge in [0, 0.05) is 11.2 Å². The van der Waals surface area contributed by atoms with E-state index in [2.05, 4.69) is 27.6 Å². The highest BCUT2D eigenvalue weighted by Crippen LogP contribution is 2.12. The Morgan fingerprint density at radius 2 is 1.79 bits per heavy atom. The average molecular weight is 265 g/mol. The molecule has 0 saturated carbocycles. The standard InChI is InChI=1S/C11H21BrO2/c1-10(12)8-6-4-3-5-7-9-11(13)14-2/h10H,3-9H2,1-2H3. The Morgan fingerprint density at radius 3 is 2.36 bits per heavy atom. The Kier molecular flexibility index (Phi) is 9.47. The van der Waals surface area contributed by atoms with Crippen molar-refractivity contribution < 1.29 is 9.53 Å². The zero-order chi connectivity index (χ0) is 10.8. The number of ether oxygens (including phenoxy) is 1. The Labute approximate surface area is 95.5 Å². The van der Waals surface area contributed by atoms with Crippen molar-refractivity contribution in [2.45, 2.75) is 56.7 Å². The van der Waals surface area contributed by atoms with Crippen molar-refractivity contribution in [3.05, 3.63) is 0 Å². The van der Waals surface area contributed by atoms with Gasteiger partial charge in [0.15, 0.2) is 0 Å². The zero-order valence-electron chi connectivity index (χ0n) is 9.22. The average Bonchev–Trinajstić information content (AvgIpc) is 2.15. The van der Waals surface area contributed by atoms with Gasteiger partial charge in [-0.2, -0.15) is 0 Å². The van der Waals surface area contributed by atoms with E-state index in [-0.39, 0.29) is 5.97 Å².